The summed E-state index contributed by atoms with van der Waals surface area (Å²) in [6.07, 6.45) is 5.03. The third-order valence-corrected chi connectivity index (χ3v) is 4.57. The van der Waals surface area contributed by atoms with E-state index >= 15 is 0 Å². The molecule has 4 heterocycles. The van der Waals surface area contributed by atoms with E-state index in [9.17, 15) is 4.79 Å². The molecule has 31 heavy (non-hydrogen) atoms. The van der Waals surface area contributed by atoms with E-state index in [1.54, 1.807) is 50.6 Å². The number of H-pyrrole nitrogens is 1. The van der Waals surface area contributed by atoms with E-state index in [0.717, 1.165) is 22.2 Å². The van der Waals surface area contributed by atoms with Crippen LogP contribution in [-0.4, -0.2) is 43.5 Å². The number of nitrogens with zero attached hydrogens (tertiary/aromatic N) is 5. The van der Waals surface area contributed by atoms with Crippen LogP contribution in [0.4, 0.5) is 0 Å². The van der Waals surface area contributed by atoms with Crippen molar-refractivity contribution in [3.8, 4) is 34.6 Å². The quantitative estimate of drug-likeness (QED) is 0.514. The van der Waals surface area contributed by atoms with Gasteiger partial charge in [0.15, 0.2) is 0 Å². The van der Waals surface area contributed by atoms with Crippen molar-refractivity contribution in [3.05, 3.63) is 54.6 Å². The second kappa shape index (κ2) is 7.84. The summed E-state index contributed by atoms with van der Waals surface area (Å²) in [5.41, 5.74) is 2.94. The molecule has 0 unspecified atom stereocenters. The normalized spacial score (nSPS) is 11.2. The van der Waals surface area contributed by atoms with E-state index in [0.29, 0.717) is 17.4 Å². The van der Waals surface area contributed by atoms with Crippen molar-refractivity contribution in [2.45, 2.75) is 19.4 Å². The largest absolute Gasteiger partial charge is 0.467 e. The first-order valence-corrected chi connectivity index (χ1v) is 9.45. The van der Waals surface area contributed by atoms with Crippen LogP contribution in [0.3, 0.4) is 0 Å². The van der Waals surface area contributed by atoms with Crippen LogP contribution < -0.4 is 10.1 Å². The number of rotatable bonds is 5. The van der Waals surface area contributed by atoms with Gasteiger partial charge in [-0.2, -0.15) is 5.26 Å². The maximum atomic E-state index is 12.5. The number of hydrogen-bond acceptors (Lipinski definition) is 7. The third-order valence-electron chi connectivity index (χ3n) is 4.57. The van der Waals surface area contributed by atoms with Crippen LogP contribution in [0.1, 0.15) is 24.3 Å². The monoisotopic (exact) mass is 413 g/mol. The molecule has 0 atom stereocenters. The summed E-state index contributed by atoms with van der Waals surface area (Å²) < 4.78 is 4.99. The van der Waals surface area contributed by atoms with Gasteiger partial charge in [-0.1, -0.05) is 6.07 Å². The number of pyridine rings is 2. The van der Waals surface area contributed by atoms with E-state index in [1.807, 2.05) is 18.2 Å². The Bertz CT molecular complexity index is 1300. The standard InChI is InChI=1S/C22H19N7O2/c1-22(2,12-23)29-20(30)17-6-4-5-16(27-17)14-7-13-8-18(28-19(13)24-9-14)15-10-25-21(31-3)26-11-15/h4-11H,1-3H3,(H,24,28)(H,29,30). The van der Waals surface area contributed by atoms with Crippen molar-refractivity contribution in [3.63, 3.8) is 0 Å². The average molecular weight is 413 g/mol. The van der Waals surface area contributed by atoms with Gasteiger partial charge >= 0.3 is 6.01 Å². The fraction of sp³-hybridized carbons (Fsp3) is 0.182. The molecule has 0 aliphatic heterocycles. The predicted molar refractivity (Wildman–Crippen MR) is 114 cm³/mol. The van der Waals surface area contributed by atoms with E-state index in [1.165, 1.54) is 7.11 Å². The summed E-state index contributed by atoms with van der Waals surface area (Å²) in [5.74, 6) is -0.411. The SMILES string of the molecule is COc1ncc(-c2cc3cc(-c4cccc(C(=O)NC(C)(C)C#N)n4)cnc3[nH]2)cn1. The second-order valence-corrected chi connectivity index (χ2v) is 7.40. The summed E-state index contributed by atoms with van der Waals surface area (Å²) in [7, 11) is 1.51. The lowest BCUT2D eigenvalue weighted by molar-refractivity contribution is 0.0924. The highest BCUT2D eigenvalue weighted by molar-refractivity contribution is 5.94. The van der Waals surface area contributed by atoms with E-state index in [-0.39, 0.29) is 5.69 Å². The maximum Gasteiger partial charge on any atom is 0.316 e. The molecule has 0 spiro atoms. The smallest absolute Gasteiger partial charge is 0.316 e. The van der Waals surface area contributed by atoms with Crippen molar-refractivity contribution in [1.29, 1.82) is 5.26 Å². The van der Waals surface area contributed by atoms with Gasteiger partial charge in [-0.05, 0) is 38.1 Å². The minimum Gasteiger partial charge on any atom is -0.467 e. The van der Waals surface area contributed by atoms with Gasteiger partial charge in [-0.25, -0.2) is 19.9 Å². The molecule has 9 nitrogen and oxygen atoms in total. The van der Waals surface area contributed by atoms with E-state index in [4.69, 9.17) is 10.00 Å². The van der Waals surface area contributed by atoms with Gasteiger partial charge in [0.1, 0.15) is 16.9 Å². The highest BCUT2D eigenvalue weighted by atomic mass is 16.5. The number of fused-ring (bicyclic) bond motifs is 1. The molecule has 0 aromatic carbocycles. The first-order chi connectivity index (χ1) is 14.9. The van der Waals surface area contributed by atoms with Gasteiger partial charge in [0.25, 0.3) is 5.91 Å². The van der Waals surface area contributed by atoms with E-state index < -0.39 is 11.4 Å². The summed E-state index contributed by atoms with van der Waals surface area (Å²) in [6.45, 7) is 3.26. The zero-order valence-corrected chi connectivity index (χ0v) is 17.2. The Morgan fingerprint density at radius 3 is 2.58 bits per heavy atom. The predicted octanol–water partition coefficient (Wildman–Crippen LogP) is 3.12. The molecule has 0 bridgehead atoms. The Balaban J connectivity index is 1.64. The Hall–Kier alpha value is -4.32. The number of carbonyl (C=O) groups is 1. The summed E-state index contributed by atoms with van der Waals surface area (Å²) in [5, 5.41) is 12.7. The summed E-state index contributed by atoms with van der Waals surface area (Å²) in [4.78, 5) is 32.9. The number of methoxy groups -OCH3 is 1. The van der Waals surface area contributed by atoms with Gasteiger partial charge in [0.05, 0.1) is 24.6 Å². The molecule has 0 aliphatic carbocycles. The van der Waals surface area contributed by atoms with Crippen LogP contribution in [0.15, 0.2) is 48.9 Å². The summed E-state index contributed by atoms with van der Waals surface area (Å²) in [6, 6.07) is 11.4. The molecule has 1 amide bonds. The minimum absolute atomic E-state index is 0.228. The first-order valence-electron chi connectivity index (χ1n) is 9.45. The molecule has 4 aromatic rings. The van der Waals surface area contributed by atoms with Crippen molar-refractivity contribution in [2.75, 3.05) is 7.11 Å². The van der Waals surface area contributed by atoms with Crippen LogP contribution in [0.25, 0.3) is 33.5 Å². The zero-order chi connectivity index (χ0) is 22.0. The number of hydrogen-bond donors (Lipinski definition) is 2. The number of ether oxygens (including phenoxy) is 1. The number of aromatic nitrogens is 5. The van der Waals surface area contributed by atoms with Crippen molar-refractivity contribution in [2.24, 2.45) is 0 Å². The van der Waals surface area contributed by atoms with Gasteiger partial charge in [0, 0.05) is 35.1 Å². The van der Waals surface area contributed by atoms with Crippen molar-refractivity contribution >= 4 is 16.9 Å². The third kappa shape index (κ3) is 4.18. The second-order valence-electron chi connectivity index (χ2n) is 7.40. The molecule has 154 valence electrons. The lowest BCUT2D eigenvalue weighted by Gasteiger charge is -2.17. The Labute approximate surface area is 178 Å². The van der Waals surface area contributed by atoms with Crippen LogP contribution in [0, 0.1) is 11.3 Å². The molecule has 4 aromatic heterocycles. The van der Waals surface area contributed by atoms with Crippen LogP contribution in [0.2, 0.25) is 0 Å². The van der Waals surface area contributed by atoms with Gasteiger partial charge in [0.2, 0.25) is 0 Å². The maximum absolute atomic E-state index is 12.5. The highest BCUT2D eigenvalue weighted by Gasteiger charge is 2.21. The lowest BCUT2D eigenvalue weighted by atomic mass is 10.1. The van der Waals surface area contributed by atoms with Crippen LogP contribution in [0.5, 0.6) is 6.01 Å². The van der Waals surface area contributed by atoms with Gasteiger partial charge < -0.3 is 15.0 Å². The van der Waals surface area contributed by atoms with E-state index in [2.05, 4.69) is 30.2 Å². The molecule has 4 rings (SSSR count). The molecule has 0 radical (unpaired) electrons. The van der Waals surface area contributed by atoms with Crippen LogP contribution >= 0.6 is 0 Å². The van der Waals surface area contributed by atoms with Gasteiger partial charge in [-0.15, -0.1) is 0 Å². The fourth-order valence-corrected chi connectivity index (χ4v) is 2.97. The highest BCUT2D eigenvalue weighted by Crippen LogP contribution is 2.26. The molecule has 2 N–H and O–H groups in total. The topological polar surface area (TPSA) is 129 Å². The average Bonchev–Trinajstić information content (AvgIpc) is 3.22. The summed E-state index contributed by atoms with van der Waals surface area (Å²) >= 11 is 0. The Morgan fingerprint density at radius 2 is 1.87 bits per heavy atom. The van der Waals surface area contributed by atoms with Crippen molar-refractivity contribution in [1.82, 2.24) is 30.2 Å². The minimum atomic E-state index is -0.984. The number of nitriles is 1. The molecule has 0 saturated carbocycles. The number of amides is 1. The van der Waals surface area contributed by atoms with Crippen LogP contribution in [-0.2, 0) is 0 Å². The molecular formula is C22H19N7O2. The number of nitrogens with one attached hydrogen (secondary N) is 2. The molecule has 0 aliphatic rings. The molecular weight excluding hydrogens is 394 g/mol. The van der Waals surface area contributed by atoms with Crippen molar-refractivity contribution < 1.29 is 9.53 Å². The Kier molecular flexibility index (Phi) is 5.05. The Morgan fingerprint density at radius 1 is 1.13 bits per heavy atom. The zero-order valence-electron chi connectivity index (χ0n) is 17.2. The fourth-order valence-electron chi connectivity index (χ4n) is 2.97. The number of carbonyl (C=O) groups excluding carboxylic acids is 1. The van der Waals surface area contributed by atoms with Gasteiger partial charge in [-0.3, -0.25) is 4.79 Å². The first kappa shape index (κ1) is 20.0. The number of aromatic amines is 1. The molecule has 0 fully saturated rings. The lowest BCUT2D eigenvalue weighted by Crippen LogP contribution is -2.42. The molecule has 0 saturated heterocycles. The molecule has 9 heteroatoms.